The summed E-state index contributed by atoms with van der Waals surface area (Å²) in [5, 5.41) is 9.89. The van der Waals surface area contributed by atoms with Crippen molar-refractivity contribution in [3.63, 3.8) is 0 Å². The molecule has 3 aromatic heterocycles. The van der Waals surface area contributed by atoms with Crippen molar-refractivity contribution >= 4 is 48.8 Å². The smallest absolute Gasteiger partial charge is 0.192 e. The van der Waals surface area contributed by atoms with Crippen LogP contribution in [-0.2, 0) is 24.3 Å². The molecule has 1 aliphatic rings. The van der Waals surface area contributed by atoms with Crippen molar-refractivity contribution in [2.24, 2.45) is 5.16 Å². The van der Waals surface area contributed by atoms with Crippen LogP contribution in [0.1, 0.15) is 41.6 Å². The van der Waals surface area contributed by atoms with Gasteiger partial charge < -0.3 is 4.84 Å². The third-order valence-corrected chi connectivity index (χ3v) is 6.72. The van der Waals surface area contributed by atoms with Crippen molar-refractivity contribution in [1.82, 2.24) is 19.6 Å². The van der Waals surface area contributed by atoms with E-state index in [2.05, 4.69) is 31.2 Å². The first-order valence-electron chi connectivity index (χ1n) is 9.26. The second-order valence-corrected chi connectivity index (χ2v) is 8.89. The second-order valence-electron chi connectivity index (χ2n) is 6.89. The maximum Gasteiger partial charge on any atom is 0.192 e. The summed E-state index contributed by atoms with van der Waals surface area (Å²) in [7, 11) is 0. The van der Waals surface area contributed by atoms with Crippen LogP contribution in [0.3, 0.4) is 0 Å². The van der Waals surface area contributed by atoms with Gasteiger partial charge in [-0.3, -0.25) is 0 Å². The van der Waals surface area contributed by atoms with Gasteiger partial charge in [-0.15, -0.1) is 16.4 Å². The molecule has 1 aliphatic carbocycles. The molecule has 8 heteroatoms. The zero-order valence-corrected chi connectivity index (χ0v) is 17.8. The molecule has 0 saturated heterocycles. The standard InChI is InChI=1S/C20H18BrN5OS/c1-12(13-6-8-14(21)9-7-13)25-27-10-17-23-19-18-15-4-2-3-5-16(15)28-20(18)22-11-26(19)24-17/h6-9,11H,2-5,10H2,1H3/b25-12+. The third kappa shape index (κ3) is 3.20. The van der Waals surface area contributed by atoms with Crippen molar-refractivity contribution in [2.45, 2.75) is 39.2 Å². The van der Waals surface area contributed by atoms with Crippen molar-refractivity contribution in [1.29, 1.82) is 0 Å². The van der Waals surface area contributed by atoms with Crippen LogP contribution in [-0.4, -0.2) is 25.3 Å². The summed E-state index contributed by atoms with van der Waals surface area (Å²) in [6.45, 7) is 2.15. The Hall–Kier alpha value is -2.32. The van der Waals surface area contributed by atoms with Gasteiger partial charge in [-0.05, 0) is 55.9 Å². The Balaban J connectivity index is 1.41. The fraction of sp³-hybridized carbons (Fsp3) is 0.300. The average molecular weight is 456 g/mol. The van der Waals surface area contributed by atoms with Gasteiger partial charge in [-0.2, -0.15) is 0 Å². The van der Waals surface area contributed by atoms with E-state index in [0.717, 1.165) is 44.5 Å². The fourth-order valence-electron chi connectivity index (χ4n) is 3.59. The molecule has 0 saturated carbocycles. The number of nitrogens with zero attached hydrogens (tertiary/aromatic N) is 5. The van der Waals surface area contributed by atoms with Crippen molar-refractivity contribution in [2.75, 3.05) is 0 Å². The lowest BCUT2D eigenvalue weighted by atomic mass is 9.97. The van der Waals surface area contributed by atoms with E-state index in [9.17, 15) is 0 Å². The fourth-order valence-corrected chi connectivity index (χ4v) is 5.08. The molecule has 3 heterocycles. The summed E-state index contributed by atoms with van der Waals surface area (Å²) in [4.78, 5) is 17.3. The molecule has 0 fully saturated rings. The summed E-state index contributed by atoms with van der Waals surface area (Å²) < 4.78 is 2.79. The predicted octanol–water partition coefficient (Wildman–Crippen LogP) is 4.92. The van der Waals surface area contributed by atoms with Gasteiger partial charge in [0, 0.05) is 9.35 Å². The number of oxime groups is 1. The number of aromatic nitrogens is 4. The van der Waals surface area contributed by atoms with Crippen molar-refractivity contribution in [3.05, 3.63) is 56.9 Å². The molecule has 0 spiro atoms. The van der Waals surface area contributed by atoms with Crippen LogP contribution in [0.4, 0.5) is 0 Å². The molecule has 5 rings (SSSR count). The van der Waals surface area contributed by atoms with Crippen LogP contribution in [0.5, 0.6) is 0 Å². The van der Waals surface area contributed by atoms with Crippen molar-refractivity contribution in [3.8, 4) is 0 Å². The Morgan fingerprint density at radius 3 is 2.93 bits per heavy atom. The van der Waals surface area contributed by atoms with Crippen LogP contribution in [0, 0.1) is 0 Å². The van der Waals surface area contributed by atoms with E-state index < -0.39 is 0 Å². The molecule has 0 radical (unpaired) electrons. The van der Waals surface area contributed by atoms with Gasteiger partial charge in [0.2, 0.25) is 0 Å². The molecule has 142 valence electrons. The van der Waals surface area contributed by atoms with Crippen LogP contribution < -0.4 is 0 Å². The zero-order valence-electron chi connectivity index (χ0n) is 15.4. The molecular formula is C20H18BrN5OS. The summed E-state index contributed by atoms with van der Waals surface area (Å²) in [5.74, 6) is 0.609. The monoisotopic (exact) mass is 455 g/mol. The molecule has 1 aromatic carbocycles. The van der Waals surface area contributed by atoms with Crippen LogP contribution in [0.15, 0.2) is 40.2 Å². The summed E-state index contributed by atoms with van der Waals surface area (Å²) in [6.07, 6.45) is 6.49. The van der Waals surface area contributed by atoms with E-state index in [4.69, 9.17) is 9.82 Å². The molecule has 0 amide bonds. The van der Waals surface area contributed by atoms with Crippen molar-refractivity contribution < 1.29 is 4.84 Å². The van der Waals surface area contributed by atoms with E-state index in [1.165, 1.54) is 23.3 Å². The SMILES string of the molecule is C/C(=N\OCc1nc2c3c4c(sc3ncn2n1)CCCC4)c1ccc(Br)cc1. The summed E-state index contributed by atoms with van der Waals surface area (Å²) in [5.41, 5.74) is 4.11. The summed E-state index contributed by atoms with van der Waals surface area (Å²) >= 11 is 5.23. The second kappa shape index (κ2) is 7.25. The van der Waals surface area contributed by atoms with Crippen LogP contribution in [0.2, 0.25) is 0 Å². The first-order valence-corrected chi connectivity index (χ1v) is 10.9. The Morgan fingerprint density at radius 1 is 1.25 bits per heavy atom. The normalized spacial score (nSPS) is 14.6. The Labute approximate surface area is 174 Å². The number of hydrogen-bond donors (Lipinski definition) is 0. The third-order valence-electron chi connectivity index (χ3n) is 4.99. The maximum atomic E-state index is 5.52. The molecule has 0 atom stereocenters. The molecular weight excluding hydrogens is 438 g/mol. The molecule has 0 unspecified atom stereocenters. The van der Waals surface area contributed by atoms with E-state index >= 15 is 0 Å². The van der Waals surface area contributed by atoms with Gasteiger partial charge in [0.25, 0.3) is 0 Å². The molecule has 0 N–H and O–H groups in total. The minimum absolute atomic E-state index is 0.226. The first-order chi connectivity index (χ1) is 13.7. The largest absolute Gasteiger partial charge is 0.387 e. The molecule has 28 heavy (non-hydrogen) atoms. The highest BCUT2D eigenvalue weighted by Gasteiger charge is 2.20. The highest BCUT2D eigenvalue weighted by atomic mass is 79.9. The average Bonchev–Trinajstić information content (AvgIpc) is 3.28. The first kappa shape index (κ1) is 17.8. The number of aryl methyl sites for hydroxylation is 2. The molecule has 0 bridgehead atoms. The lowest BCUT2D eigenvalue weighted by Gasteiger charge is -2.09. The molecule has 4 aromatic rings. The van der Waals surface area contributed by atoms with Crippen LogP contribution in [0.25, 0.3) is 15.9 Å². The maximum absolute atomic E-state index is 5.52. The van der Waals surface area contributed by atoms with Gasteiger partial charge in [-0.25, -0.2) is 14.5 Å². The lowest BCUT2D eigenvalue weighted by molar-refractivity contribution is 0.125. The zero-order chi connectivity index (χ0) is 19.1. The Morgan fingerprint density at radius 2 is 2.07 bits per heavy atom. The predicted molar refractivity (Wildman–Crippen MR) is 114 cm³/mol. The minimum Gasteiger partial charge on any atom is -0.387 e. The van der Waals surface area contributed by atoms with E-state index in [0.29, 0.717) is 5.82 Å². The van der Waals surface area contributed by atoms with Gasteiger partial charge in [0.05, 0.1) is 11.1 Å². The molecule has 0 aliphatic heterocycles. The topological polar surface area (TPSA) is 64.7 Å². The highest BCUT2D eigenvalue weighted by Crippen LogP contribution is 2.36. The van der Waals surface area contributed by atoms with Gasteiger partial charge >= 0.3 is 0 Å². The highest BCUT2D eigenvalue weighted by molar-refractivity contribution is 9.10. The van der Waals surface area contributed by atoms with Crippen LogP contribution >= 0.6 is 27.3 Å². The summed E-state index contributed by atoms with van der Waals surface area (Å²) in [6, 6.07) is 7.96. The number of benzene rings is 1. The van der Waals surface area contributed by atoms with E-state index in [1.807, 2.05) is 31.2 Å². The quantitative estimate of drug-likeness (QED) is 0.323. The van der Waals surface area contributed by atoms with Gasteiger partial charge in [0.1, 0.15) is 11.2 Å². The number of fused-ring (bicyclic) bond motifs is 5. The van der Waals surface area contributed by atoms with E-state index in [-0.39, 0.29) is 6.61 Å². The Bertz CT molecular complexity index is 1190. The minimum atomic E-state index is 0.226. The van der Waals surface area contributed by atoms with E-state index in [1.54, 1.807) is 22.2 Å². The van der Waals surface area contributed by atoms with Gasteiger partial charge in [0.15, 0.2) is 18.1 Å². The molecule has 6 nitrogen and oxygen atoms in total. The van der Waals surface area contributed by atoms with Gasteiger partial charge in [-0.1, -0.05) is 33.2 Å². The number of hydrogen-bond acceptors (Lipinski definition) is 6. The Kier molecular flexibility index (Phi) is 4.60. The number of halogens is 1. The number of thiophene rings is 1. The lowest BCUT2D eigenvalue weighted by Crippen LogP contribution is -1.99. The number of rotatable bonds is 4.